The Balaban J connectivity index is 1.34. The average molecular weight is 481 g/mol. The van der Waals surface area contributed by atoms with Gasteiger partial charge in [-0.1, -0.05) is 31.4 Å². The molecule has 0 bridgehead atoms. The van der Waals surface area contributed by atoms with Crippen molar-refractivity contribution in [3.05, 3.63) is 59.7 Å². The van der Waals surface area contributed by atoms with Crippen LogP contribution < -0.4 is 5.32 Å². The number of nitrogens with one attached hydrogen (secondary N) is 1. The second-order valence-electron chi connectivity index (χ2n) is 8.70. The van der Waals surface area contributed by atoms with E-state index in [2.05, 4.69) is 16.4 Å². The predicted octanol–water partition coefficient (Wildman–Crippen LogP) is 5.65. The van der Waals surface area contributed by atoms with Crippen molar-refractivity contribution in [3.8, 4) is 0 Å². The van der Waals surface area contributed by atoms with Gasteiger partial charge in [0, 0.05) is 17.6 Å². The first-order valence-electron chi connectivity index (χ1n) is 11.5. The van der Waals surface area contributed by atoms with Crippen LogP contribution in [0.2, 0.25) is 0 Å². The van der Waals surface area contributed by atoms with Crippen molar-refractivity contribution in [2.24, 2.45) is 0 Å². The number of hydrogen-bond acceptors (Lipinski definition) is 4. The van der Waals surface area contributed by atoms with Crippen molar-refractivity contribution < 1.29 is 18.7 Å². The number of rotatable bonds is 13. The molecule has 3 rings (SSSR count). The Morgan fingerprint density at radius 1 is 1.06 bits per heavy atom. The van der Waals surface area contributed by atoms with E-state index in [9.17, 15) is 8.96 Å². The summed E-state index contributed by atoms with van der Waals surface area (Å²) < 4.78 is 24.2. The van der Waals surface area contributed by atoms with E-state index in [4.69, 9.17) is 9.79 Å². The van der Waals surface area contributed by atoms with Crippen LogP contribution in [0.25, 0.3) is 0 Å². The summed E-state index contributed by atoms with van der Waals surface area (Å²) in [6.45, 7) is 1.15. The van der Waals surface area contributed by atoms with Gasteiger partial charge in [0.1, 0.15) is 5.82 Å². The molecule has 1 aliphatic rings. The van der Waals surface area contributed by atoms with E-state index >= 15 is 0 Å². The number of pyridine rings is 1. The fourth-order valence-electron chi connectivity index (χ4n) is 4.52. The van der Waals surface area contributed by atoms with Gasteiger partial charge in [-0.05, 0) is 79.6 Å². The third-order valence-corrected chi connectivity index (χ3v) is 8.21. The lowest BCUT2D eigenvalue weighted by molar-refractivity contribution is 0.371. The summed E-state index contributed by atoms with van der Waals surface area (Å²) in [5.41, 5.74) is 2.46. The highest BCUT2D eigenvalue weighted by Gasteiger charge is 2.34. The molecule has 1 aromatic heterocycles. The molecule has 0 saturated heterocycles. The molecule has 1 aromatic carbocycles. The summed E-state index contributed by atoms with van der Waals surface area (Å²) in [7, 11) is -3.90. The van der Waals surface area contributed by atoms with Crippen LogP contribution in [0, 0.1) is 5.82 Å². The van der Waals surface area contributed by atoms with Crippen LogP contribution in [0.3, 0.4) is 0 Å². The van der Waals surface area contributed by atoms with Crippen LogP contribution in [-0.4, -0.2) is 33.2 Å². The number of unbranched alkanes of at least 4 members (excludes halogenated alkanes) is 1. The molecule has 176 valence electrons. The maximum atomic E-state index is 13.3. The van der Waals surface area contributed by atoms with Crippen LogP contribution in [0.1, 0.15) is 62.6 Å². The molecule has 1 fully saturated rings. The molecule has 8 heteroatoms. The van der Waals surface area contributed by atoms with Crippen LogP contribution >= 0.6 is 19.4 Å². The molecule has 1 heterocycles. The zero-order valence-corrected chi connectivity index (χ0v) is 20.2. The molecule has 5 nitrogen and oxygen atoms in total. The van der Waals surface area contributed by atoms with Crippen LogP contribution in [-0.2, 0) is 16.5 Å². The monoisotopic (exact) mass is 480 g/mol. The third-order valence-electron chi connectivity index (χ3n) is 6.24. The molecule has 0 atom stereocenters. The Kier molecular flexibility index (Phi) is 9.75. The Hall–Kier alpha value is -1.24. The summed E-state index contributed by atoms with van der Waals surface area (Å²) in [4.78, 5) is 23.3. The van der Waals surface area contributed by atoms with Crippen LogP contribution in [0.5, 0.6) is 0 Å². The number of aromatic nitrogens is 1. The van der Waals surface area contributed by atoms with Crippen molar-refractivity contribution in [2.75, 3.05) is 18.5 Å². The molecule has 1 aliphatic carbocycles. The number of nitrogens with zero attached hydrogens (tertiary/aromatic N) is 1. The average Bonchev–Trinajstić information content (AvgIpc) is 3.24. The quantitative estimate of drug-likeness (QED) is 0.195. The smallest absolute Gasteiger partial charge is 0.324 e. The first-order valence-corrected chi connectivity index (χ1v) is 14.2. The van der Waals surface area contributed by atoms with Crippen molar-refractivity contribution >= 4 is 19.4 Å². The standard InChI is InChI=1S/C24H34FN2O3PS/c25-21-8-6-20(7-9-21)24(12-1-2-13-24)14-3-4-17-32-23-11-10-22(27-19-23)18-26-15-5-16-31(28,29)30/h6-11,19,26H,1-5,12-18H2,(H2,28,29,30). The summed E-state index contributed by atoms with van der Waals surface area (Å²) in [6, 6.07) is 11.2. The Morgan fingerprint density at radius 3 is 2.47 bits per heavy atom. The number of benzene rings is 1. The molecule has 32 heavy (non-hydrogen) atoms. The van der Waals surface area contributed by atoms with Gasteiger partial charge in [0.15, 0.2) is 0 Å². The topological polar surface area (TPSA) is 82.5 Å². The van der Waals surface area contributed by atoms with Crippen molar-refractivity contribution in [2.45, 2.75) is 68.2 Å². The highest BCUT2D eigenvalue weighted by Crippen LogP contribution is 2.45. The van der Waals surface area contributed by atoms with Gasteiger partial charge in [-0.15, -0.1) is 11.8 Å². The summed E-state index contributed by atoms with van der Waals surface area (Å²) in [5.74, 6) is 0.898. The minimum absolute atomic E-state index is 0.0893. The first kappa shape index (κ1) is 25.4. The molecular formula is C24H34FN2O3PS. The second-order valence-corrected chi connectivity index (χ2v) is 11.6. The molecule has 0 spiro atoms. The van der Waals surface area contributed by atoms with Crippen LogP contribution in [0.15, 0.2) is 47.5 Å². The molecule has 0 radical (unpaired) electrons. The van der Waals surface area contributed by atoms with E-state index in [-0.39, 0.29) is 17.4 Å². The minimum Gasteiger partial charge on any atom is -0.324 e. The van der Waals surface area contributed by atoms with Gasteiger partial charge in [-0.2, -0.15) is 0 Å². The van der Waals surface area contributed by atoms with E-state index in [0.29, 0.717) is 19.5 Å². The summed E-state index contributed by atoms with van der Waals surface area (Å²) >= 11 is 1.82. The fraction of sp³-hybridized carbons (Fsp3) is 0.542. The lowest BCUT2D eigenvalue weighted by Crippen LogP contribution is -2.22. The van der Waals surface area contributed by atoms with Gasteiger partial charge in [0.2, 0.25) is 0 Å². The predicted molar refractivity (Wildman–Crippen MR) is 129 cm³/mol. The maximum Gasteiger partial charge on any atom is 0.325 e. The van der Waals surface area contributed by atoms with Crippen molar-refractivity contribution in [1.29, 1.82) is 0 Å². The fourth-order valence-corrected chi connectivity index (χ4v) is 5.97. The Morgan fingerprint density at radius 2 is 1.81 bits per heavy atom. The second kappa shape index (κ2) is 12.3. The molecule has 3 N–H and O–H groups in total. The first-order chi connectivity index (χ1) is 15.4. The van der Waals surface area contributed by atoms with E-state index in [0.717, 1.165) is 22.8 Å². The molecular weight excluding hydrogens is 446 g/mol. The summed E-state index contributed by atoms with van der Waals surface area (Å²) in [6.07, 6.45) is 10.7. The third kappa shape index (κ3) is 8.27. The maximum absolute atomic E-state index is 13.3. The Bertz CT molecular complexity index is 868. The highest BCUT2D eigenvalue weighted by atomic mass is 32.2. The molecule has 2 aromatic rings. The number of hydrogen-bond donors (Lipinski definition) is 3. The van der Waals surface area contributed by atoms with Gasteiger partial charge in [-0.3, -0.25) is 9.55 Å². The Labute approximate surface area is 194 Å². The zero-order valence-electron chi connectivity index (χ0n) is 18.5. The molecule has 0 aliphatic heterocycles. The van der Waals surface area contributed by atoms with E-state index < -0.39 is 7.60 Å². The van der Waals surface area contributed by atoms with Gasteiger partial charge in [-0.25, -0.2) is 4.39 Å². The number of halogens is 1. The van der Waals surface area contributed by atoms with Gasteiger partial charge in [0.25, 0.3) is 0 Å². The normalized spacial score (nSPS) is 15.8. The van der Waals surface area contributed by atoms with Gasteiger partial charge >= 0.3 is 7.60 Å². The van der Waals surface area contributed by atoms with Gasteiger partial charge < -0.3 is 15.1 Å². The lowest BCUT2D eigenvalue weighted by Gasteiger charge is -2.30. The van der Waals surface area contributed by atoms with Crippen molar-refractivity contribution in [3.63, 3.8) is 0 Å². The van der Waals surface area contributed by atoms with Crippen molar-refractivity contribution in [1.82, 2.24) is 10.3 Å². The minimum atomic E-state index is -3.90. The molecule has 1 saturated carbocycles. The summed E-state index contributed by atoms with van der Waals surface area (Å²) in [5, 5.41) is 3.17. The zero-order chi connectivity index (χ0) is 22.9. The largest absolute Gasteiger partial charge is 0.325 e. The molecule has 0 unspecified atom stereocenters. The van der Waals surface area contributed by atoms with Gasteiger partial charge in [0.05, 0.1) is 11.9 Å². The molecule has 0 amide bonds. The van der Waals surface area contributed by atoms with E-state index in [1.807, 2.05) is 36.2 Å². The lowest BCUT2D eigenvalue weighted by atomic mass is 9.75. The highest BCUT2D eigenvalue weighted by molar-refractivity contribution is 7.99. The van der Waals surface area contributed by atoms with Crippen LogP contribution in [0.4, 0.5) is 4.39 Å². The number of thioether (sulfide) groups is 1. The SMILES string of the molecule is O=P(O)(O)CCCNCc1ccc(SCCCCC2(c3ccc(F)cc3)CCCC2)cn1. The van der Waals surface area contributed by atoms with E-state index in [1.165, 1.54) is 44.1 Å². The van der Waals surface area contributed by atoms with E-state index in [1.54, 1.807) is 12.1 Å².